The van der Waals surface area contributed by atoms with Gasteiger partial charge in [0.2, 0.25) is 5.89 Å². The van der Waals surface area contributed by atoms with E-state index in [0.717, 1.165) is 34.2 Å². The van der Waals surface area contributed by atoms with Gasteiger partial charge in [0.25, 0.3) is 5.91 Å². The predicted octanol–water partition coefficient (Wildman–Crippen LogP) is 7.30. The van der Waals surface area contributed by atoms with Gasteiger partial charge in [-0.3, -0.25) is 4.79 Å². The number of carbonyl (C=O) groups excluding carboxylic acids is 1. The molecule has 0 aliphatic carbocycles. The maximum atomic E-state index is 12.4. The van der Waals surface area contributed by atoms with E-state index in [1.165, 1.54) is 5.56 Å². The standard InChI is InChI=1S/C27H27ClN2O3/c1-5-16(2)19-9-10-24-23(14-19)30-27(33-24)20-7-6-8-21(13-20)29-25(31)15-32-22-11-17(3)26(28)18(4)12-22/h6-14,16H,5,15H2,1-4H3,(H,29,31)/t16-/m0/s1. The van der Waals surface area contributed by atoms with Crippen LogP contribution < -0.4 is 10.1 Å². The average Bonchev–Trinajstić information content (AvgIpc) is 3.24. The van der Waals surface area contributed by atoms with E-state index in [-0.39, 0.29) is 12.5 Å². The number of rotatable bonds is 7. The number of hydrogen-bond acceptors (Lipinski definition) is 4. The van der Waals surface area contributed by atoms with E-state index >= 15 is 0 Å². The normalized spacial score (nSPS) is 12.0. The summed E-state index contributed by atoms with van der Waals surface area (Å²) in [4.78, 5) is 17.1. The van der Waals surface area contributed by atoms with Gasteiger partial charge >= 0.3 is 0 Å². The Kier molecular flexibility index (Phi) is 6.70. The van der Waals surface area contributed by atoms with Crippen molar-refractivity contribution in [3.63, 3.8) is 0 Å². The van der Waals surface area contributed by atoms with E-state index in [2.05, 4.69) is 36.3 Å². The van der Waals surface area contributed by atoms with Gasteiger partial charge in [-0.05, 0) is 85.3 Å². The molecule has 0 bridgehead atoms. The molecule has 0 unspecified atom stereocenters. The third kappa shape index (κ3) is 5.20. The van der Waals surface area contributed by atoms with Crippen molar-refractivity contribution >= 4 is 34.3 Å². The van der Waals surface area contributed by atoms with E-state index in [4.69, 9.17) is 20.8 Å². The van der Waals surface area contributed by atoms with E-state index in [9.17, 15) is 4.79 Å². The highest BCUT2D eigenvalue weighted by molar-refractivity contribution is 6.32. The molecular weight excluding hydrogens is 436 g/mol. The van der Waals surface area contributed by atoms with Gasteiger partial charge in [-0.15, -0.1) is 0 Å². The lowest BCUT2D eigenvalue weighted by molar-refractivity contribution is -0.118. The molecule has 33 heavy (non-hydrogen) atoms. The molecule has 1 amide bonds. The second-order valence-corrected chi connectivity index (χ2v) is 8.72. The monoisotopic (exact) mass is 462 g/mol. The number of ether oxygens (including phenoxy) is 1. The number of hydrogen-bond donors (Lipinski definition) is 1. The number of nitrogens with zero attached hydrogens (tertiary/aromatic N) is 1. The van der Waals surface area contributed by atoms with Crippen molar-refractivity contribution in [3.8, 4) is 17.2 Å². The van der Waals surface area contributed by atoms with Crippen LogP contribution in [-0.4, -0.2) is 17.5 Å². The van der Waals surface area contributed by atoms with Gasteiger partial charge < -0.3 is 14.5 Å². The number of halogens is 1. The third-order valence-electron chi connectivity index (χ3n) is 5.77. The highest BCUT2D eigenvalue weighted by Gasteiger charge is 2.12. The fraction of sp³-hybridized carbons (Fsp3) is 0.259. The van der Waals surface area contributed by atoms with Crippen molar-refractivity contribution in [2.24, 2.45) is 0 Å². The van der Waals surface area contributed by atoms with Gasteiger partial charge in [0.1, 0.15) is 11.3 Å². The molecule has 6 heteroatoms. The van der Waals surface area contributed by atoms with Crippen LogP contribution in [0.15, 0.2) is 59.0 Å². The Hall–Kier alpha value is -3.31. The van der Waals surface area contributed by atoms with E-state index in [1.807, 2.05) is 56.3 Å². The first-order valence-electron chi connectivity index (χ1n) is 11.0. The van der Waals surface area contributed by atoms with Crippen LogP contribution >= 0.6 is 11.6 Å². The Morgan fingerprint density at radius 2 is 1.88 bits per heavy atom. The van der Waals surface area contributed by atoms with E-state index in [1.54, 1.807) is 0 Å². The second-order valence-electron chi connectivity index (χ2n) is 8.34. The van der Waals surface area contributed by atoms with Crippen molar-refractivity contribution in [1.82, 2.24) is 4.98 Å². The number of nitrogens with one attached hydrogen (secondary N) is 1. The smallest absolute Gasteiger partial charge is 0.262 e. The Balaban J connectivity index is 1.46. The number of carbonyl (C=O) groups is 1. The number of amides is 1. The van der Waals surface area contributed by atoms with Crippen molar-refractivity contribution < 1.29 is 13.9 Å². The highest BCUT2D eigenvalue weighted by atomic mass is 35.5. The Labute approximate surface area is 198 Å². The first kappa shape index (κ1) is 22.9. The van der Waals surface area contributed by atoms with Crippen LogP contribution in [0.25, 0.3) is 22.6 Å². The molecule has 0 fully saturated rings. The topological polar surface area (TPSA) is 64.4 Å². The molecule has 0 spiro atoms. The van der Waals surface area contributed by atoms with Crippen molar-refractivity contribution in [2.75, 3.05) is 11.9 Å². The van der Waals surface area contributed by atoms with Crippen molar-refractivity contribution in [2.45, 2.75) is 40.0 Å². The number of aromatic nitrogens is 1. The van der Waals surface area contributed by atoms with Crippen LogP contribution in [0, 0.1) is 13.8 Å². The zero-order chi connectivity index (χ0) is 23.5. The summed E-state index contributed by atoms with van der Waals surface area (Å²) in [6, 6.07) is 17.2. The maximum Gasteiger partial charge on any atom is 0.262 e. The van der Waals surface area contributed by atoms with Gasteiger partial charge in [-0.2, -0.15) is 0 Å². The molecule has 170 valence electrons. The van der Waals surface area contributed by atoms with E-state index < -0.39 is 0 Å². The Morgan fingerprint density at radius 1 is 1.12 bits per heavy atom. The summed E-state index contributed by atoms with van der Waals surface area (Å²) in [5.74, 6) is 1.34. The molecule has 0 saturated carbocycles. The second kappa shape index (κ2) is 9.67. The molecule has 1 atom stereocenters. The molecule has 0 aliphatic rings. The number of fused-ring (bicyclic) bond motifs is 1. The summed E-state index contributed by atoms with van der Waals surface area (Å²) in [6.45, 7) is 8.08. The minimum Gasteiger partial charge on any atom is -0.484 e. The van der Waals surface area contributed by atoms with Crippen LogP contribution in [0.1, 0.15) is 42.9 Å². The SMILES string of the molecule is CC[C@H](C)c1ccc2oc(-c3cccc(NC(=O)COc4cc(C)c(Cl)c(C)c4)c3)nc2c1. The van der Waals surface area contributed by atoms with Gasteiger partial charge in [0.15, 0.2) is 12.2 Å². The molecule has 0 aliphatic heterocycles. The minimum absolute atomic E-state index is 0.105. The first-order valence-corrected chi connectivity index (χ1v) is 11.4. The molecule has 0 saturated heterocycles. The molecule has 1 aromatic heterocycles. The summed E-state index contributed by atoms with van der Waals surface area (Å²) in [5, 5.41) is 3.58. The summed E-state index contributed by atoms with van der Waals surface area (Å²) < 4.78 is 11.6. The fourth-order valence-electron chi connectivity index (χ4n) is 3.68. The summed E-state index contributed by atoms with van der Waals surface area (Å²) >= 11 is 6.19. The fourth-order valence-corrected chi connectivity index (χ4v) is 3.78. The van der Waals surface area contributed by atoms with Crippen molar-refractivity contribution in [1.29, 1.82) is 0 Å². The van der Waals surface area contributed by atoms with Crippen LogP contribution in [0.3, 0.4) is 0 Å². The number of anilines is 1. The van der Waals surface area contributed by atoms with E-state index in [0.29, 0.717) is 28.3 Å². The maximum absolute atomic E-state index is 12.4. The zero-order valence-electron chi connectivity index (χ0n) is 19.2. The zero-order valence-corrected chi connectivity index (χ0v) is 20.0. The average molecular weight is 463 g/mol. The highest BCUT2D eigenvalue weighted by Crippen LogP contribution is 2.29. The third-order valence-corrected chi connectivity index (χ3v) is 6.36. The molecule has 0 radical (unpaired) electrons. The summed E-state index contributed by atoms with van der Waals surface area (Å²) in [5.41, 5.74) is 6.08. The van der Waals surface area contributed by atoms with Gasteiger partial charge in [0.05, 0.1) is 0 Å². The van der Waals surface area contributed by atoms with Crippen LogP contribution in [-0.2, 0) is 4.79 Å². The largest absolute Gasteiger partial charge is 0.484 e. The van der Waals surface area contributed by atoms with Crippen molar-refractivity contribution in [3.05, 3.63) is 76.3 Å². The van der Waals surface area contributed by atoms with Gasteiger partial charge in [-0.25, -0.2) is 4.98 Å². The Bertz CT molecular complexity index is 1290. The number of oxazole rings is 1. The quantitative estimate of drug-likeness (QED) is 0.313. The molecule has 4 aromatic rings. The number of aryl methyl sites for hydroxylation is 2. The molecule has 1 N–H and O–H groups in total. The van der Waals surface area contributed by atoms with Gasteiger partial charge in [0, 0.05) is 16.3 Å². The van der Waals surface area contributed by atoms with Gasteiger partial charge in [-0.1, -0.05) is 37.6 Å². The molecule has 1 heterocycles. The minimum atomic E-state index is -0.256. The number of benzene rings is 3. The summed E-state index contributed by atoms with van der Waals surface area (Å²) in [6.07, 6.45) is 1.07. The summed E-state index contributed by atoms with van der Waals surface area (Å²) in [7, 11) is 0. The van der Waals surface area contributed by atoms with Crippen LogP contribution in [0.5, 0.6) is 5.75 Å². The Morgan fingerprint density at radius 3 is 2.61 bits per heavy atom. The van der Waals surface area contributed by atoms with Crippen LogP contribution in [0.4, 0.5) is 5.69 Å². The lowest BCUT2D eigenvalue weighted by Crippen LogP contribution is -2.20. The molecule has 3 aromatic carbocycles. The molecule has 5 nitrogen and oxygen atoms in total. The lowest BCUT2D eigenvalue weighted by Gasteiger charge is -2.10. The molecule has 4 rings (SSSR count). The predicted molar refractivity (Wildman–Crippen MR) is 133 cm³/mol. The van der Waals surface area contributed by atoms with Crippen LogP contribution in [0.2, 0.25) is 5.02 Å². The molecular formula is C27H27ClN2O3. The first-order chi connectivity index (χ1) is 15.8. The lowest BCUT2D eigenvalue weighted by atomic mass is 9.98.